The van der Waals surface area contributed by atoms with Crippen molar-refractivity contribution < 1.29 is 24.2 Å². The highest BCUT2D eigenvalue weighted by Gasteiger charge is 2.16. The van der Waals surface area contributed by atoms with Gasteiger partial charge in [-0.3, -0.25) is 9.59 Å². The van der Waals surface area contributed by atoms with Crippen molar-refractivity contribution in [1.82, 2.24) is 0 Å². The van der Waals surface area contributed by atoms with Gasteiger partial charge in [-0.15, -0.1) is 0 Å². The average molecular weight is 883 g/mol. The van der Waals surface area contributed by atoms with Crippen LogP contribution in [0.4, 0.5) is 0 Å². The van der Waals surface area contributed by atoms with Crippen LogP contribution in [0.25, 0.3) is 0 Å². The lowest BCUT2D eigenvalue weighted by atomic mass is 10.0. The van der Waals surface area contributed by atoms with Gasteiger partial charge in [0, 0.05) is 12.8 Å². The molecule has 1 unspecified atom stereocenters. The SMILES string of the molecule is CC/C=C\C/C=C\C/C=C\C/C=C\CCCCCCCCCCC(=O)OC(CO)COC(=O)CCCCCCCCCCCCCCCCCCCCCCCCCCCCCC. The number of allylic oxidation sites excluding steroid dienone is 8. The highest BCUT2D eigenvalue weighted by Crippen LogP contribution is 2.17. The molecule has 5 nitrogen and oxygen atoms in total. The Labute approximate surface area is 392 Å². The van der Waals surface area contributed by atoms with E-state index in [0.717, 1.165) is 70.6 Å². The summed E-state index contributed by atoms with van der Waals surface area (Å²) in [6.07, 6.45) is 70.9. The monoisotopic (exact) mass is 883 g/mol. The van der Waals surface area contributed by atoms with Gasteiger partial charge < -0.3 is 14.6 Å². The van der Waals surface area contributed by atoms with Gasteiger partial charge >= 0.3 is 11.9 Å². The number of hydrogen-bond acceptors (Lipinski definition) is 5. The van der Waals surface area contributed by atoms with Crippen molar-refractivity contribution in [2.45, 2.75) is 296 Å². The van der Waals surface area contributed by atoms with E-state index in [9.17, 15) is 14.7 Å². The van der Waals surface area contributed by atoms with Gasteiger partial charge in [0.15, 0.2) is 6.10 Å². The van der Waals surface area contributed by atoms with Gasteiger partial charge in [-0.05, 0) is 51.4 Å². The van der Waals surface area contributed by atoms with Crippen LogP contribution in [0.1, 0.15) is 290 Å². The molecule has 0 spiro atoms. The van der Waals surface area contributed by atoms with Gasteiger partial charge in [0.1, 0.15) is 6.61 Å². The summed E-state index contributed by atoms with van der Waals surface area (Å²) in [5.41, 5.74) is 0. The van der Waals surface area contributed by atoms with Crippen LogP contribution in [0.3, 0.4) is 0 Å². The van der Waals surface area contributed by atoms with E-state index in [-0.39, 0.29) is 25.2 Å². The molecule has 0 bridgehead atoms. The topological polar surface area (TPSA) is 72.8 Å². The lowest BCUT2D eigenvalue weighted by molar-refractivity contribution is -0.161. The molecule has 0 saturated carbocycles. The van der Waals surface area contributed by atoms with Gasteiger partial charge in [-0.1, -0.05) is 274 Å². The zero-order valence-corrected chi connectivity index (χ0v) is 42.1. The van der Waals surface area contributed by atoms with E-state index >= 15 is 0 Å². The minimum Gasteiger partial charge on any atom is -0.462 e. The summed E-state index contributed by atoms with van der Waals surface area (Å²) in [6.45, 7) is 4.06. The zero-order chi connectivity index (χ0) is 45.6. The van der Waals surface area contributed by atoms with Crippen molar-refractivity contribution in [3.8, 4) is 0 Å². The molecule has 1 atom stereocenters. The van der Waals surface area contributed by atoms with E-state index in [1.54, 1.807) is 0 Å². The number of aliphatic hydroxyl groups is 1. The standard InChI is InChI=1S/C58H106O5/c1-3-5-7-9-11-13-15-17-19-21-23-25-26-27-28-29-30-31-33-34-36-38-40-42-44-46-48-50-52-57(60)62-55-56(54-59)63-58(61)53-51-49-47-45-43-41-39-37-35-32-24-22-20-18-16-14-12-10-8-6-4-2/h6,8,12,14,18,20,24,32,56,59H,3-5,7,9-11,13,15-17,19,21-23,25-31,33-55H2,1-2H3/b8-6-,14-12-,20-18-,32-24-. The first kappa shape index (κ1) is 60.9. The van der Waals surface area contributed by atoms with E-state index in [1.165, 1.54) is 193 Å². The summed E-state index contributed by atoms with van der Waals surface area (Å²) in [5.74, 6) is -0.587. The van der Waals surface area contributed by atoms with Crippen molar-refractivity contribution in [2.24, 2.45) is 0 Å². The first-order chi connectivity index (χ1) is 31.1. The molecule has 0 amide bonds. The first-order valence-corrected chi connectivity index (χ1v) is 27.7. The summed E-state index contributed by atoms with van der Waals surface area (Å²) in [6, 6.07) is 0. The highest BCUT2D eigenvalue weighted by molar-refractivity contribution is 5.70. The zero-order valence-electron chi connectivity index (χ0n) is 42.1. The molecule has 0 aromatic heterocycles. The van der Waals surface area contributed by atoms with E-state index in [2.05, 4.69) is 62.5 Å². The fraction of sp³-hybridized carbons (Fsp3) is 0.828. The summed E-state index contributed by atoms with van der Waals surface area (Å²) in [5, 5.41) is 9.64. The Bertz CT molecular complexity index is 1040. The molecule has 0 aliphatic carbocycles. The van der Waals surface area contributed by atoms with Crippen molar-refractivity contribution >= 4 is 11.9 Å². The molecule has 0 aromatic rings. The number of hydrogen-bond donors (Lipinski definition) is 1. The van der Waals surface area contributed by atoms with Crippen LogP contribution in [0.5, 0.6) is 0 Å². The molecule has 0 aliphatic rings. The molecule has 0 radical (unpaired) electrons. The average Bonchev–Trinajstić information content (AvgIpc) is 3.29. The molecular formula is C58H106O5. The molecule has 1 N–H and O–H groups in total. The van der Waals surface area contributed by atoms with Gasteiger partial charge in [-0.2, -0.15) is 0 Å². The molecule has 0 aliphatic heterocycles. The molecule has 5 heteroatoms. The number of rotatable bonds is 51. The lowest BCUT2D eigenvalue weighted by Gasteiger charge is -2.15. The fourth-order valence-corrected chi connectivity index (χ4v) is 8.26. The number of aliphatic hydroxyl groups excluding tert-OH is 1. The van der Waals surface area contributed by atoms with Crippen molar-refractivity contribution in [3.63, 3.8) is 0 Å². The molecule has 0 rings (SSSR count). The summed E-state index contributed by atoms with van der Waals surface area (Å²) in [7, 11) is 0. The predicted octanol–water partition coefficient (Wildman–Crippen LogP) is 18.5. The van der Waals surface area contributed by atoms with Crippen molar-refractivity contribution in [2.75, 3.05) is 13.2 Å². The number of esters is 2. The van der Waals surface area contributed by atoms with Gasteiger partial charge in [-0.25, -0.2) is 0 Å². The lowest BCUT2D eigenvalue weighted by Crippen LogP contribution is -2.28. The third-order valence-electron chi connectivity index (χ3n) is 12.4. The molecule has 0 saturated heterocycles. The Morgan fingerprint density at radius 1 is 0.381 bits per heavy atom. The van der Waals surface area contributed by atoms with Crippen LogP contribution in [-0.2, 0) is 19.1 Å². The maximum Gasteiger partial charge on any atom is 0.306 e. The second-order valence-corrected chi connectivity index (χ2v) is 18.6. The molecule has 0 fully saturated rings. The number of carbonyl (C=O) groups is 2. The van der Waals surface area contributed by atoms with Crippen LogP contribution < -0.4 is 0 Å². The minimum atomic E-state index is -0.776. The maximum absolute atomic E-state index is 12.3. The molecule has 0 aromatic carbocycles. The second-order valence-electron chi connectivity index (χ2n) is 18.6. The van der Waals surface area contributed by atoms with Gasteiger partial charge in [0.25, 0.3) is 0 Å². The quantitative estimate of drug-likeness (QED) is 0.0374. The summed E-state index contributed by atoms with van der Waals surface area (Å²) >= 11 is 0. The number of ether oxygens (including phenoxy) is 2. The molecule has 0 heterocycles. The molecule has 63 heavy (non-hydrogen) atoms. The smallest absolute Gasteiger partial charge is 0.306 e. The largest absolute Gasteiger partial charge is 0.462 e. The third kappa shape index (κ3) is 52.4. The van der Waals surface area contributed by atoms with Crippen molar-refractivity contribution in [1.29, 1.82) is 0 Å². The third-order valence-corrected chi connectivity index (χ3v) is 12.4. The Morgan fingerprint density at radius 3 is 1.03 bits per heavy atom. The first-order valence-electron chi connectivity index (χ1n) is 27.7. The predicted molar refractivity (Wildman–Crippen MR) is 274 cm³/mol. The maximum atomic E-state index is 12.3. The highest BCUT2D eigenvalue weighted by atomic mass is 16.6. The van der Waals surface area contributed by atoms with Crippen LogP contribution in [-0.4, -0.2) is 36.4 Å². The van der Waals surface area contributed by atoms with E-state index in [0.29, 0.717) is 12.8 Å². The molecular weight excluding hydrogens is 777 g/mol. The van der Waals surface area contributed by atoms with E-state index < -0.39 is 6.10 Å². The summed E-state index contributed by atoms with van der Waals surface area (Å²) < 4.78 is 10.7. The second kappa shape index (κ2) is 54.2. The Morgan fingerprint density at radius 2 is 0.683 bits per heavy atom. The number of carbonyl (C=O) groups excluding carboxylic acids is 2. The number of unbranched alkanes of at least 4 members (excludes halogenated alkanes) is 35. The van der Waals surface area contributed by atoms with Gasteiger partial charge in [0.2, 0.25) is 0 Å². The van der Waals surface area contributed by atoms with Gasteiger partial charge in [0.05, 0.1) is 6.61 Å². The van der Waals surface area contributed by atoms with Crippen LogP contribution in [0.2, 0.25) is 0 Å². The normalized spacial score (nSPS) is 12.5. The minimum absolute atomic E-state index is 0.0666. The molecule has 368 valence electrons. The van der Waals surface area contributed by atoms with Crippen molar-refractivity contribution in [3.05, 3.63) is 48.6 Å². The Balaban J connectivity index is 3.45. The Kier molecular flexibility index (Phi) is 52.4. The van der Waals surface area contributed by atoms with E-state index in [1.807, 2.05) is 0 Å². The fourth-order valence-electron chi connectivity index (χ4n) is 8.26. The van der Waals surface area contributed by atoms with Crippen LogP contribution in [0, 0.1) is 0 Å². The van der Waals surface area contributed by atoms with E-state index in [4.69, 9.17) is 9.47 Å². The van der Waals surface area contributed by atoms with Crippen LogP contribution >= 0.6 is 0 Å². The summed E-state index contributed by atoms with van der Waals surface area (Å²) in [4.78, 5) is 24.5. The Hall–Kier alpha value is -2.14. The van der Waals surface area contributed by atoms with Crippen LogP contribution in [0.15, 0.2) is 48.6 Å².